The Hall–Kier alpha value is -2.35. The standard InChI is InChI=1S/C22H28F3N3O2/c1-14(2)8-15(3)11-30-20-5-4-16(9-18(20)22(23,24)25)19-10-21(27-13-26-19)28-17-6-7-29-12-17/h4-5,9-10,13-15,17H,6-8,11-12H2,1-3H3,(H,26,27,28)/t15-,17?/m1/s1. The molecule has 30 heavy (non-hydrogen) atoms. The number of hydrogen-bond acceptors (Lipinski definition) is 5. The number of nitrogens with one attached hydrogen (secondary N) is 1. The van der Waals surface area contributed by atoms with Crippen molar-refractivity contribution >= 4 is 5.82 Å². The summed E-state index contributed by atoms with van der Waals surface area (Å²) in [5.41, 5.74) is -0.0243. The van der Waals surface area contributed by atoms with Gasteiger partial charge in [0.2, 0.25) is 0 Å². The van der Waals surface area contributed by atoms with E-state index in [4.69, 9.17) is 9.47 Å². The van der Waals surface area contributed by atoms with Crippen LogP contribution in [0.1, 0.15) is 39.2 Å². The van der Waals surface area contributed by atoms with Crippen LogP contribution in [-0.4, -0.2) is 35.8 Å². The van der Waals surface area contributed by atoms with Gasteiger partial charge in [0.1, 0.15) is 17.9 Å². The number of benzene rings is 1. The molecule has 2 heterocycles. The third-order valence-electron chi connectivity index (χ3n) is 4.93. The van der Waals surface area contributed by atoms with E-state index in [0.29, 0.717) is 36.2 Å². The molecule has 1 unspecified atom stereocenters. The van der Waals surface area contributed by atoms with Crippen LogP contribution in [0.5, 0.6) is 5.75 Å². The Morgan fingerprint density at radius 3 is 2.67 bits per heavy atom. The molecule has 1 N–H and O–H groups in total. The molecule has 164 valence electrons. The molecule has 1 aliphatic rings. The Morgan fingerprint density at radius 2 is 2.00 bits per heavy atom. The van der Waals surface area contributed by atoms with Gasteiger partial charge in [-0.3, -0.25) is 0 Å². The summed E-state index contributed by atoms with van der Waals surface area (Å²) < 4.78 is 51.9. The van der Waals surface area contributed by atoms with E-state index in [0.717, 1.165) is 18.9 Å². The van der Waals surface area contributed by atoms with E-state index in [-0.39, 0.29) is 24.3 Å². The topological polar surface area (TPSA) is 56.3 Å². The molecule has 0 bridgehead atoms. The smallest absolute Gasteiger partial charge is 0.419 e. The molecule has 1 aliphatic heterocycles. The molecule has 1 aromatic carbocycles. The highest BCUT2D eigenvalue weighted by molar-refractivity contribution is 5.65. The van der Waals surface area contributed by atoms with Crippen LogP contribution in [0, 0.1) is 11.8 Å². The summed E-state index contributed by atoms with van der Waals surface area (Å²) in [5.74, 6) is 1.04. The van der Waals surface area contributed by atoms with Crippen LogP contribution in [-0.2, 0) is 10.9 Å². The lowest BCUT2D eigenvalue weighted by Crippen LogP contribution is -2.19. The van der Waals surface area contributed by atoms with E-state index >= 15 is 0 Å². The normalized spacial score (nSPS) is 17.9. The van der Waals surface area contributed by atoms with Crippen molar-refractivity contribution in [3.8, 4) is 17.0 Å². The minimum atomic E-state index is -4.53. The maximum absolute atomic E-state index is 13.7. The van der Waals surface area contributed by atoms with Crippen LogP contribution in [0.4, 0.5) is 19.0 Å². The first-order valence-corrected chi connectivity index (χ1v) is 10.2. The zero-order valence-corrected chi connectivity index (χ0v) is 17.5. The monoisotopic (exact) mass is 423 g/mol. The molecular weight excluding hydrogens is 395 g/mol. The van der Waals surface area contributed by atoms with Crippen LogP contribution in [0.15, 0.2) is 30.6 Å². The van der Waals surface area contributed by atoms with Crippen molar-refractivity contribution in [2.45, 2.75) is 45.8 Å². The Labute approximate surface area is 175 Å². The van der Waals surface area contributed by atoms with Gasteiger partial charge in [-0.25, -0.2) is 9.97 Å². The Bertz CT molecular complexity index is 837. The van der Waals surface area contributed by atoms with Crippen LogP contribution in [0.2, 0.25) is 0 Å². The highest BCUT2D eigenvalue weighted by Crippen LogP contribution is 2.39. The van der Waals surface area contributed by atoms with Crippen LogP contribution in [0.25, 0.3) is 11.3 Å². The first kappa shape index (κ1) is 22.3. The summed E-state index contributed by atoms with van der Waals surface area (Å²) in [6, 6.07) is 5.86. The molecule has 0 saturated carbocycles. The van der Waals surface area contributed by atoms with E-state index in [1.165, 1.54) is 12.4 Å². The maximum atomic E-state index is 13.7. The van der Waals surface area contributed by atoms with E-state index in [2.05, 4.69) is 29.1 Å². The zero-order chi connectivity index (χ0) is 21.7. The largest absolute Gasteiger partial charge is 0.493 e. The molecule has 1 saturated heterocycles. The van der Waals surface area contributed by atoms with Crippen LogP contribution in [0.3, 0.4) is 0 Å². The van der Waals surface area contributed by atoms with Gasteiger partial charge >= 0.3 is 6.18 Å². The molecular formula is C22H28F3N3O2. The first-order chi connectivity index (χ1) is 14.2. The number of nitrogens with zero attached hydrogens (tertiary/aromatic N) is 2. The number of anilines is 1. The number of alkyl halides is 3. The van der Waals surface area contributed by atoms with Gasteiger partial charge in [-0.2, -0.15) is 13.2 Å². The van der Waals surface area contributed by atoms with Crippen LogP contribution < -0.4 is 10.1 Å². The summed E-state index contributed by atoms with van der Waals surface area (Å²) in [7, 11) is 0. The van der Waals surface area contributed by atoms with Gasteiger partial charge in [0.25, 0.3) is 0 Å². The van der Waals surface area contributed by atoms with Crippen LogP contribution >= 0.6 is 0 Å². The summed E-state index contributed by atoms with van der Waals surface area (Å²) in [6.07, 6.45) is -1.43. The lowest BCUT2D eigenvalue weighted by Gasteiger charge is -2.19. The average molecular weight is 423 g/mol. The third-order valence-corrected chi connectivity index (χ3v) is 4.93. The lowest BCUT2D eigenvalue weighted by molar-refractivity contribution is -0.139. The van der Waals surface area contributed by atoms with E-state index in [1.807, 2.05) is 6.92 Å². The number of hydrogen-bond donors (Lipinski definition) is 1. The second-order valence-corrected chi connectivity index (χ2v) is 8.25. The molecule has 3 rings (SSSR count). The maximum Gasteiger partial charge on any atom is 0.419 e. The quantitative estimate of drug-likeness (QED) is 0.614. The van der Waals surface area contributed by atoms with Crippen molar-refractivity contribution in [2.24, 2.45) is 11.8 Å². The van der Waals surface area contributed by atoms with Gasteiger partial charge < -0.3 is 14.8 Å². The van der Waals surface area contributed by atoms with Gasteiger partial charge in [0.15, 0.2) is 0 Å². The molecule has 5 nitrogen and oxygen atoms in total. The van der Waals surface area contributed by atoms with E-state index < -0.39 is 11.7 Å². The molecule has 0 spiro atoms. The molecule has 0 aliphatic carbocycles. The van der Waals surface area contributed by atoms with Gasteiger partial charge in [0, 0.05) is 18.2 Å². The highest BCUT2D eigenvalue weighted by atomic mass is 19.4. The SMILES string of the molecule is CC(C)C[C@@H](C)COc1ccc(-c2cc(NC3CCOC3)ncn2)cc1C(F)(F)F. The Kier molecular flexibility index (Phi) is 7.18. The summed E-state index contributed by atoms with van der Waals surface area (Å²) in [4.78, 5) is 8.32. The van der Waals surface area contributed by atoms with Crippen molar-refractivity contribution in [1.29, 1.82) is 0 Å². The number of rotatable bonds is 8. The Morgan fingerprint density at radius 1 is 1.20 bits per heavy atom. The minimum absolute atomic E-state index is 0.141. The predicted octanol–water partition coefficient (Wildman–Crippen LogP) is 5.42. The molecule has 2 atom stereocenters. The van der Waals surface area contributed by atoms with Crippen molar-refractivity contribution in [3.05, 3.63) is 36.2 Å². The number of ether oxygens (including phenoxy) is 2. The molecule has 0 amide bonds. The predicted molar refractivity (Wildman–Crippen MR) is 109 cm³/mol. The molecule has 2 aromatic rings. The van der Waals surface area contributed by atoms with E-state index in [9.17, 15) is 13.2 Å². The lowest BCUT2D eigenvalue weighted by atomic mass is 10.00. The highest BCUT2D eigenvalue weighted by Gasteiger charge is 2.35. The van der Waals surface area contributed by atoms with Gasteiger partial charge in [0.05, 0.1) is 30.5 Å². The fourth-order valence-electron chi connectivity index (χ4n) is 3.59. The molecule has 1 aromatic heterocycles. The summed E-state index contributed by atoms with van der Waals surface area (Å²) >= 11 is 0. The fraction of sp³-hybridized carbons (Fsp3) is 0.545. The summed E-state index contributed by atoms with van der Waals surface area (Å²) in [6.45, 7) is 7.65. The average Bonchev–Trinajstić information content (AvgIpc) is 3.18. The summed E-state index contributed by atoms with van der Waals surface area (Å²) in [5, 5.41) is 3.23. The second kappa shape index (κ2) is 9.64. The van der Waals surface area contributed by atoms with Crippen molar-refractivity contribution < 1.29 is 22.6 Å². The zero-order valence-electron chi connectivity index (χ0n) is 17.5. The van der Waals surface area contributed by atoms with Crippen molar-refractivity contribution in [3.63, 3.8) is 0 Å². The third kappa shape index (κ3) is 6.08. The minimum Gasteiger partial charge on any atom is -0.493 e. The molecule has 0 radical (unpaired) electrons. The second-order valence-electron chi connectivity index (χ2n) is 8.25. The van der Waals surface area contributed by atoms with Crippen molar-refractivity contribution in [1.82, 2.24) is 9.97 Å². The van der Waals surface area contributed by atoms with Gasteiger partial charge in [-0.05, 0) is 42.9 Å². The van der Waals surface area contributed by atoms with Crippen molar-refractivity contribution in [2.75, 3.05) is 25.1 Å². The molecule has 1 fully saturated rings. The van der Waals surface area contributed by atoms with Gasteiger partial charge in [-0.15, -0.1) is 0 Å². The molecule has 8 heteroatoms. The van der Waals surface area contributed by atoms with Gasteiger partial charge in [-0.1, -0.05) is 20.8 Å². The Balaban J connectivity index is 1.80. The number of aromatic nitrogens is 2. The first-order valence-electron chi connectivity index (χ1n) is 10.2. The number of halogens is 3. The fourth-order valence-corrected chi connectivity index (χ4v) is 3.59. The van der Waals surface area contributed by atoms with E-state index in [1.54, 1.807) is 12.1 Å².